The number of amides is 3. The minimum atomic E-state index is -1.56. The molecular formula is C42H46F3N5O7. The lowest BCUT2D eigenvalue weighted by Gasteiger charge is -2.42. The molecule has 4 aromatic rings. The topological polar surface area (TPSA) is 127 Å². The Labute approximate surface area is 328 Å². The number of imidazole rings is 1. The van der Waals surface area contributed by atoms with Gasteiger partial charge < -0.3 is 33.7 Å². The number of halogens is 3. The van der Waals surface area contributed by atoms with Gasteiger partial charge in [-0.3, -0.25) is 9.69 Å². The smallest absolute Gasteiger partial charge is 0.410 e. The molecule has 0 bridgehead atoms. The molecule has 57 heavy (non-hydrogen) atoms. The van der Waals surface area contributed by atoms with E-state index in [0.717, 1.165) is 34.2 Å². The summed E-state index contributed by atoms with van der Waals surface area (Å²) in [6, 6.07) is 19.4. The van der Waals surface area contributed by atoms with E-state index in [1.807, 2.05) is 60.7 Å². The monoisotopic (exact) mass is 789 g/mol. The lowest BCUT2D eigenvalue weighted by Crippen LogP contribution is -2.56. The number of likely N-dealkylation sites (tertiary alicyclic amines) is 1. The molecule has 302 valence electrons. The van der Waals surface area contributed by atoms with Crippen LogP contribution in [0.3, 0.4) is 0 Å². The first-order valence-corrected chi connectivity index (χ1v) is 19.1. The highest BCUT2D eigenvalue weighted by Gasteiger charge is 2.51. The maximum Gasteiger partial charge on any atom is 0.410 e. The zero-order valence-corrected chi connectivity index (χ0v) is 31.8. The fourth-order valence-corrected chi connectivity index (χ4v) is 8.13. The van der Waals surface area contributed by atoms with E-state index in [1.54, 1.807) is 24.6 Å². The summed E-state index contributed by atoms with van der Waals surface area (Å²) in [6.07, 6.45) is -1.10. The Bertz CT molecular complexity index is 2050. The second-order valence-electron chi connectivity index (χ2n) is 15.3. The van der Waals surface area contributed by atoms with E-state index >= 15 is 13.6 Å². The van der Waals surface area contributed by atoms with Crippen LogP contribution < -0.4 is 0 Å². The third-order valence-electron chi connectivity index (χ3n) is 11.0. The number of ether oxygens (including phenoxy) is 3. The molecule has 3 aliphatic heterocycles. The molecule has 4 atom stereocenters. The number of hydrogen-bond acceptors (Lipinski definition) is 7. The van der Waals surface area contributed by atoms with Gasteiger partial charge in [0.25, 0.3) is 0 Å². The van der Waals surface area contributed by atoms with Crippen LogP contribution in [0.4, 0.5) is 22.8 Å². The van der Waals surface area contributed by atoms with E-state index in [9.17, 15) is 19.1 Å². The van der Waals surface area contributed by atoms with Gasteiger partial charge in [0.15, 0.2) is 0 Å². The first-order chi connectivity index (χ1) is 27.4. The molecule has 7 rings (SSSR count). The summed E-state index contributed by atoms with van der Waals surface area (Å²) in [6.45, 7) is 3.21. The minimum Gasteiger partial charge on any atom is -0.465 e. The molecule has 15 heteroatoms. The van der Waals surface area contributed by atoms with Gasteiger partial charge in [-0.1, -0.05) is 60.7 Å². The third kappa shape index (κ3) is 8.79. The van der Waals surface area contributed by atoms with Crippen molar-refractivity contribution in [3.63, 3.8) is 0 Å². The second-order valence-corrected chi connectivity index (χ2v) is 15.3. The lowest BCUT2D eigenvalue weighted by atomic mass is 9.88. The standard InChI is InChI=1S/C42H46F3N5O7/c1-42(2)50(40(52)53)36(26-57-42)39(51)49(22-30-21-48(23-34(30)45)41(54)56-25-28-11-7-4-8-12-28)37(29-15-17-55-18-16-29)38-46-35(32-19-31(43)13-14-33(32)44)24-47(38)20-27-9-5-3-6-10-27/h3-14,19,24,29-30,34,36-37H,15-18,20-23,25-26H2,1-2H3,(H,52,53)/t30-,34-,36?,37+/m0/s1. The van der Waals surface area contributed by atoms with Gasteiger partial charge >= 0.3 is 12.2 Å². The number of alkyl halides is 1. The number of nitrogens with zero attached hydrogens (tertiary/aromatic N) is 5. The number of rotatable bonds is 11. The second kappa shape index (κ2) is 17.0. The highest BCUT2D eigenvalue weighted by molar-refractivity contribution is 5.87. The van der Waals surface area contributed by atoms with Crippen molar-refractivity contribution in [2.75, 3.05) is 39.5 Å². The Morgan fingerprint density at radius 1 is 0.982 bits per heavy atom. The molecule has 12 nitrogen and oxygen atoms in total. The maximum atomic E-state index is 16.2. The van der Waals surface area contributed by atoms with Crippen molar-refractivity contribution >= 4 is 18.1 Å². The van der Waals surface area contributed by atoms with Gasteiger partial charge in [-0.2, -0.15) is 0 Å². The highest BCUT2D eigenvalue weighted by Crippen LogP contribution is 2.40. The van der Waals surface area contributed by atoms with E-state index in [-0.39, 0.29) is 56.6 Å². The molecule has 0 radical (unpaired) electrons. The summed E-state index contributed by atoms with van der Waals surface area (Å²) in [5.74, 6) is -2.90. The van der Waals surface area contributed by atoms with Crippen molar-refractivity contribution in [2.45, 2.75) is 63.8 Å². The van der Waals surface area contributed by atoms with Crippen molar-refractivity contribution in [1.82, 2.24) is 24.3 Å². The molecule has 0 spiro atoms. The quantitative estimate of drug-likeness (QED) is 0.174. The largest absolute Gasteiger partial charge is 0.465 e. The Balaban J connectivity index is 1.31. The normalized spacial score (nSPS) is 21.4. The minimum absolute atomic E-state index is 0.00493. The average Bonchev–Trinajstić information content (AvgIpc) is 3.89. The Hall–Kier alpha value is -5.41. The number of carbonyl (C=O) groups excluding carboxylic acids is 2. The first-order valence-electron chi connectivity index (χ1n) is 19.1. The van der Waals surface area contributed by atoms with Gasteiger partial charge in [-0.05, 0) is 61.9 Å². The van der Waals surface area contributed by atoms with Crippen molar-refractivity contribution in [1.29, 1.82) is 0 Å². The average molecular weight is 790 g/mol. The lowest BCUT2D eigenvalue weighted by molar-refractivity contribution is -0.142. The van der Waals surface area contributed by atoms with Crippen LogP contribution in [-0.4, -0.2) is 105 Å². The number of carbonyl (C=O) groups is 3. The maximum absolute atomic E-state index is 16.2. The molecule has 0 aliphatic carbocycles. The summed E-state index contributed by atoms with van der Waals surface area (Å²) in [5.41, 5.74) is 0.311. The van der Waals surface area contributed by atoms with Crippen LogP contribution in [0.5, 0.6) is 0 Å². The molecule has 3 aromatic carbocycles. The third-order valence-corrected chi connectivity index (χ3v) is 11.0. The van der Waals surface area contributed by atoms with Gasteiger partial charge in [0.1, 0.15) is 42.0 Å². The van der Waals surface area contributed by atoms with Gasteiger partial charge in [-0.25, -0.2) is 27.7 Å². The molecule has 3 aliphatic rings. The Morgan fingerprint density at radius 2 is 1.67 bits per heavy atom. The molecular weight excluding hydrogens is 743 g/mol. The SMILES string of the molecule is CC1(C)OCC(C(=O)N(C[C@@H]2CN(C(=O)OCc3ccccc3)C[C@@H]2F)[C@@H](c2nc(-c3cc(F)ccc3F)cn2Cc2ccccc2)C2CCOCC2)N1C(=O)O. The van der Waals surface area contributed by atoms with Crippen LogP contribution in [0, 0.1) is 23.5 Å². The first kappa shape index (κ1) is 39.8. The van der Waals surface area contributed by atoms with Crippen molar-refractivity contribution < 1.29 is 46.9 Å². The number of hydrogen-bond donors (Lipinski definition) is 1. The van der Waals surface area contributed by atoms with Crippen LogP contribution >= 0.6 is 0 Å². The van der Waals surface area contributed by atoms with Gasteiger partial charge in [0.05, 0.1) is 24.9 Å². The van der Waals surface area contributed by atoms with Crippen molar-refractivity contribution in [3.05, 3.63) is 114 Å². The van der Waals surface area contributed by atoms with Gasteiger partial charge in [-0.15, -0.1) is 0 Å². The molecule has 1 aromatic heterocycles. The van der Waals surface area contributed by atoms with Crippen LogP contribution in [0.15, 0.2) is 85.1 Å². The summed E-state index contributed by atoms with van der Waals surface area (Å²) in [5, 5.41) is 10.4. The Kier molecular flexibility index (Phi) is 11.9. The summed E-state index contributed by atoms with van der Waals surface area (Å²) >= 11 is 0. The summed E-state index contributed by atoms with van der Waals surface area (Å²) < 4.78 is 65.1. The molecule has 3 amide bonds. The zero-order valence-electron chi connectivity index (χ0n) is 31.8. The molecule has 0 saturated carbocycles. The number of benzene rings is 3. The molecule has 1 unspecified atom stereocenters. The summed E-state index contributed by atoms with van der Waals surface area (Å²) in [4.78, 5) is 49.7. The highest BCUT2D eigenvalue weighted by atomic mass is 19.1. The number of aromatic nitrogens is 2. The fraction of sp³-hybridized carbons (Fsp3) is 0.429. The van der Waals surface area contributed by atoms with Crippen LogP contribution in [0.25, 0.3) is 11.3 Å². The molecule has 3 fully saturated rings. The predicted octanol–water partition coefficient (Wildman–Crippen LogP) is 6.89. The molecule has 1 N–H and O–H groups in total. The van der Waals surface area contributed by atoms with E-state index in [2.05, 4.69) is 0 Å². The van der Waals surface area contributed by atoms with E-state index in [1.165, 1.54) is 9.80 Å². The molecule has 4 heterocycles. The predicted molar refractivity (Wildman–Crippen MR) is 201 cm³/mol. The molecule has 3 saturated heterocycles. The van der Waals surface area contributed by atoms with Crippen molar-refractivity contribution in [2.24, 2.45) is 11.8 Å². The van der Waals surface area contributed by atoms with Gasteiger partial charge in [0, 0.05) is 50.5 Å². The van der Waals surface area contributed by atoms with Crippen LogP contribution in [0.2, 0.25) is 0 Å². The summed E-state index contributed by atoms with van der Waals surface area (Å²) in [7, 11) is 0. The fourth-order valence-electron chi connectivity index (χ4n) is 8.13. The van der Waals surface area contributed by atoms with Crippen LogP contribution in [0.1, 0.15) is 49.7 Å². The van der Waals surface area contributed by atoms with E-state index in [4.69, 9.17) is 19.2 Å². The van der Waals surface area contributed by atoms with Crippen molar-refractivity contribution in [3.8, 4) is 11.3 Å². The van der Waals surface area contributed by atoms with Crippen LogP contribution in [-0.2, 0) is 32.2 Å². The van der Waals surface area contributed by atoms with E-state index in [0.29, 0.717) is 31.9 Å². The number of carboxylic acid groups (broad SMARTS) is 1. The van der Waals surface area contributed by atoms with Gasteiger partial charge in [0.2, 0.25) is 5.91 Å². The Morgan fingerprint density at radius 3 is 2.35 bits per heavy atom. The van der Waals surface area contributed by atoms with E-state index < -0.39 is 59.6 Å². The zero-order chi connectivity index (χ0) is 40.3.